The molecule has 2 N–H and O–H groups in total. The molecule has 3 fully saturated rings. The minimum absolute atomic E-state index is 0.407. The van der Waals surface area contributed by atoms with E-state index in [1.54, 1.807) is 0 Å². The first-order chi connectivity index (χ1) is 20.9. The van der Waals surface area contributed by atoms with Crippen LogP contribution in [0.1, 0.15) is 100 Å². The lowest BCUT2D eigenvalue weighted by molar-refractivity contribution is -0.0808. The summed E-state index contributed by atoms with van der Waals surface area (Å²) in [6.45, 7) is 5.76. The Hall–Kier alpha value is -1.36. The van der Waals surface area contributed by atoms with Crippen molar-refractivity contribution in [2.75, 3.05) is 11.5 Å². The van der Waals surface area contributed by atoms with Crippen molar-refractivity contribution >= 4 is 21.6 Å². The van der Waals surface area contributed by atoms with Crippen molar-refractivity contribution in [2.45, 2.75) is 103 Å². The fourth-order valence-electron chi connectivity index (χ4n) is 10.6. The monoisotopic (exact) mass is 615 g/mol. The number of phenols is 1. The molecule has 4 aliphatic carbocycles. The summed E-state index contributed by atoms with van der Waals surface area (Å²) in [5, 5.41) is 14.8. The predicted molar refractivity (Wildman–Crippen MR) is 186 cm³/mol. The van der Waals surface area contributed by atoms with E-state index >= 15 is 0 Å². The molecule has 7 rings (SSSR count). The van der Waals surface area contributed by atoms with Crippen molar-refractivity contribution in [3.05, 3.63) is 76.9 Å². The van der Waals surface area contributed by atoms with Crippen molar-refractivity contribution in [1.29, 1.82) is 0 Å². The third-order valence-electron chi connectivity index (χ3n) is 12.2. The Balaban J connectivity index is 1.25. The standard InChI is InChI=1S/C39H53NOS2/c1-27-8-7-13-39(21-27)26-38(11-5-6-12-38)22-36-34-16-30-14-29(18-35(41)19-30)15-32-9-3-4-10-33(32)23-40-28(2)24-42-43-25-31(17-34)20-37(36)39/h3-4,7,9-10,13-14,18-19,27-28,31,34,36-37,40-41H,5-6,8,11-12,15-17,20-26H2,1-2H3/t27-,28-,31-,34+,36-,37-,39-/m0/s1. The van der Waals surface area contributed by atoms with Crippen molar-refractivity contribution in [3.8, 4) is 5.75 Å². The van der Waals surface area contributed by atoms with Crippen LogP contribution >= 0.6 is 21.6 Å². The highest BCUT2D eigenvalue weighted by molar-refractivity contribution is 8.76. The maximum atomic E-state index is 11.0. The Labute approximate surface area is 269 Å². The number of aromatic hydroxyl groups is 1. The van der Waals surface area contributed by atoms with E-state index in [0.29, 0.717) is 28.5 Å². The van der Waals surface area contributed by atoms with Gasteiger partial charge in [-0.2, -0.15) is 0 Å². The third-order valence-corrected chi connectivity index (χ3v) is 15.0. The third kappa shape index (κ3) is 6.63. The van der Waals surface area contributed by atoms with Gasteiger partial charge in [-0.15, -0.1) is 0 Å². The van der Waals surface area contributed by atoms with Gasteiger partial charge in [0.15, 0.2) is 0 Å². The van der Waals surface area contributed by atoms with E-state index in [1.807, 2.05) is 6.07 Å². The van der Waals surface area contributed by atoms with Crippen LogP contribution in [-0.2, 0) is 19.4 Å². The van der Waals surface area contributed by atoms with Crippen LogP contribution in [0.25, 0.3) is 0 Å². The molecular weight excluding hydrogens is 563 g/mol. The van der Waals surface area contributed by atoms with Crippen LogP contribution in [0.3, 0.4) is 0 Å². The van der Waals surface area contributed by atoms with E-state index in [9.17, 15) is 5.11 Å². The summed E-state index contributed by atoms with van der Waals surface area (Å²) in [5.41, 5.74) is 6.35. The van der Waals surface area contributed by atoms with Gasteiger partial charge in [-0.1, -0.05) is 83.8 Å². The second-order valence-corrected chi connectivity index (χ2v) is 18.2. The number of hydrogen-bond acceptors (Lipinski definition) is 4. The van der Waals surface area contributed by atoms with Crippen LogP contribution in [0, 0.1) is 40.4 Å². The zero-order valence-electron chi connectivity index (χ0n) is 26.5. The second-order valence-electron chi connectivity index (χ2n) is 15.6. The van der Waals surface area contributed by atoms with E-state index in [-0.39, 0.29) is 0 Å². The fraction of sp³-hybridized carbons (Fsp3) is 0.641. The van der Waals surface area contributed by atoms with Crippen LogP contribution in [0.4, 0.5) is 0 Å². The van der Waals surface area contributed by atoms with E-state index < -0.39 is 0 Å². The first-order valence-electron chi connectivity index (χ1n) is 17.4. The highest BCUT2D eigenvalue weighted by Crippen LogP contribution is 2.66. The van der Waals surface area contributed by atoms with E-state index in [4.69, 9.17) is 0 Å². The van der Waals surface area contributed by atoms with Crippen LogP contribution < -0.4 is 5.32 Å². The topological polar surface area (TPSA) is 32.3 Å². The van der Waals surface area contributed by atoms with E-state index in [0.717, 1.165) is 48.8 Å². The van der Waals surface area contributed by atoms with Crippen molar-refractivity contribution in [3.63, 3.8) is 0 Å². The first-order valence-corrected chi connectivity index (χ1v) is 19.9. The molecule has 2 spiro atoms. The maximum absolute atomic E-state index is 11.0. The maximum Gasteiger partial charge on any atom is 0.116 e. The van der Waals surface area contributed by atoms with E-state index in [2.05, 4.69) is 89.3 Å². The quantitative estimate of drug-likeness (QED) is 0.228. The van der Waals surface area contributed by atoms with Crippen LogP contribution in [-0.4, -0.2) is 22.7 Å². The first kappa shape index (κ1) is 30.3. The Morgan fingerprint density at radius 3 is 2.53 bits per heavy atom. The summed E-state index contributed by atoms with van der Waals surface area (Å²) in [6, 6.07) is 15.9. The molecule has 0 aromatic heterocycles. The van der Waals surface area contributed by atoms with E-state index in [1.165, 1.54) is 92.2 Å². The lowest BCUT2D eigenvalue weighted by Crippen LogP contribution is -2.52. The molecule has 4 heteroatoms. The lowest BCUT2D eigenvalue weighted by Gasteiger charge is -2.60. The van der Waals surface area contributed by atoms with Gasteiger partial charge in [0, 0.05) is 24.1 Å². The summed E-state index contributed by atoms with van der Waals surface area (Å²) >= 11 is 0. The Morgan fingerprint density at radius 1 is 0.907 bits per heavy atom. The van der Waals surface area contributed by atoms with Gasteiger partial charge in [-0.05, 0) is 146 Å². The zero-order valence-corrected chi connectivity index (χ0v) is 28.2. The highest BCUT2D eigenvalue weighted by atomic mass is 33.1. The van der Waals surface area contributed by atoms with Crippen molar-refractivity contribution in [1.82, 2.24) is 5.32 Å². The Morgan fingerprint density at radius 2 is 1.70 bits per heavy atom. The number of phenolic OH excluding ortho intramolecular Hbond substituents is 1. The molecular formula is C39H53NOS2. The molecule has 0 saturated heterocycles. The van der Waals surface area contributed by atoms with Gasteiger partial charge in [-0.25, -0.2) is 0 Å². The molecule has 2 nitrogen and oxygen atoms in total. The molecule has 5 aliphatic rings. The van der Waals surface area contributed by atoms with Gasteiger partial charge in [0.05, 0.1) is 0 Å². The number of rotatable bonds is 0. The van der Waals surface area contributed by atoms with Crippen molar-refractivity contribution < 1.29 is 5.11 Å². The van der Waals surface area contributed by atoms with Crippen LogP contribution in [0.15, 0.2) is 54.6 Å². The number of hydrogen-bond donors (Lipinski definition) is 2. The minimum Gasteiger partial charge on any atom is -0.508 e. The molecule has 43 heavy (non-hydrogen) atoms. The summed E-state index contributed by atoms with van der Waals surface area (Å²) in [5.74, 6) is 6.83. The molecule has 2 aromatic carbocycles. The normalized spacial score (nSPS) is 36.1. The molecule has 0 unspecified atom stereocenters. The molecule has 3 saturated carbocycles. The van der Waals surface area contributed by atoms with Gasteiger partial charge in [0.2, 0.25) is 0 Å². The number of allylic oxidation sites excluding steroid dienone is 2. The van der Waals surface area contributed by atoms with Crippen molar-refractivity contribution in [2.24, 2.45) is 40.4 Å². The SMILES string of the molecule is C[C@H]1CC=C[C@]2(C1)CC1(CCCC1)C[C@H]1[C@@H]3Cc4cc(O)cc(c4)Cc4ccccc4CN[C@@H](C)CSSC[C@@H](C3)C[C@@H]12. The molecule has 7 atom stereocenters. The smallest absolute Gasteiger partial charge is 0.116 e. The number of benzene rings is 2. The minimum atomic E-state index is 0.407. The molecule has 1 aliphatic heterocycles. The highest BCUT2D eigenvalue weighted by Gasteiger charge is 2.57. The van der Waals surface area contributed by atoms with Crippen LogP contribution in [0.2, 0.25) is 0 Å². The number of nitrogens with one attached hydrogen (secondary N) is 1. The summed E-state index contributed by atoms with van der Waals surface area (Å²) in [4.78, 5) is 0. The van der Waals surface area contributed by atoms with Gasteiger partial charge in [0.1, 0.15) is 5.75 Å². The predicted octanol–water partition coefficient (Wildman–Crippen LogP) is 9.98. The Bertz CT molecular complexity index is 1300. The Kier molecular flexibility index (Phi) is 9.02. The lowest BCUT2D eigenvalue weighted by atomic mass is 9.44. The summed E-state index contributed by atoms with van der Waals surface area (Å²) in [6.07, 6.45) is 21.6. The molecule has 232 valence electrons. The van der Waals surface area contributed by atoms with Crippen LogP contribution in [0.5, 0.6) is 5.75 Å². The zero-order chi connectivity index (χ0) is 29.4. The number of fused-ring (bicyclic) bond motifs is 8. The summed E-state index contributed by atoms with van der Waals surface area (Å²) in [7, 11) is 4.24. The molecule has 4 bridgehead atoms. The summed E-state index contributed by atoms with van der Waals surface area (Å²) < 4.78 is 0. The van der Waals surface area contributed by atoms with Gasteiger partial charge in [0.25, 0.3) is 0 Å². The molecule has 0 radical (unpaired) electrons. The molecule has 1 heterocycles. The average Bonchev–Trinajstić information content (AvgIpc) is 3.42. The van der Waals surface area contributed by atoms with Gasteiger partial charge in [-0.3, -0.25) is 0 Å². The molecule has 2 aromatic rings. The molecule has 0 amide bonds. The van der Waals surface area contributed by atoms with Gasteiger partial charge >= 0.3 is 0 Å². The average molecular weight is 616 g/mol. The second kappa shape index (κ2) is 12.8. The fourth-order valence-corrected chi connectivity index (χ4v) is 13.3. The van der Waals surface area contributed by atoms with Gasteiger partial charge < -0.3 is 10.4 Å². The largest absolute Gasteiger partial charge is 0.508 e.